The molecule has 43 heavy (non-hydrogen) atoms. The predicted octanol–water partition coefficient (Wildman–Crippen LogP) is 4.15. The molecule has 0 unspecified atom stereocenters. The van der Waals surface area contributed by atoms with Crippen LogP contribution in [0.2, 0.25) is 0 Å². The summed E-state index contributed by atoms with van der Waals surface area (Å²) in [6.07, 6.45) is 25.3. The van der Waals surface area contributed by atoms with Gasteiger partial charge in [-0.15, -0.1) is 0 Å². The lowest BCUT2D eigenvalue weighted by atomic mass is 10.2. The van der Waals surface area contributed by atoms with Crippen molar-refractivity contribution in [2.45, 2.75) is 110 Å². The Morgan fingerprint density at radius 2 is 0.558 bits per heavy atom. The molecule has 258 valence electrons. The van der Waals surface area contributed by atoms with Crippen molar-refractivity contribution in [1.82, 2.24) is 42.5 Å². The minimum absolute atomic E-state index is 0.984. The van der Waals surface area contributed by atoms with Crippen molar-refractivity contribution in [3.05, 3.63) is 12.2 Å². The van der Waals surface area contributed by atoms with E-state index in [4.69, 9.17) is 0 Å². The third kappa shape index (κ3) is 41.4. The van der Waals surface area contributed by atoms with Gasteiger partial charge in [0.25, 0.3) is 0 Å². The van der Waals surface area contributed by atoms with Gasteiger partial charge in [-0.2, -0.15) is 0 Å². The maximum absolute atomic E-state index is 3.61. The first-order valence-electron chi connectivity index (χ1n) is 18.7. The van der Waals surface area contributed by atoms with Gasteiger partial charge in [-0.25, -0.2) is 0 Å². The summed E-state index contributed by atoms with van der Waals surface area (Å²) in [5.74, 6) is 0. The van der Waals surface area contributed by atoms with Gasteiger partial charge in [0.1, 0.15) is 0 Å². The number of hydrogen-bond acceptors (Lipinski definition) is 8. The molecule has 0 aromatic carbocycles. The Kier molecular flexibility index (Phi) is 40.9. The molecule has 0 aliphatic rings. The van der Waals surface area contributed by atoms with Crippen molar-refractivity contribution in [2.75, 3.05) is 105 Å². The zero-order chi connectivity index (χ0) is 31.0. The number of rotatable bonds is 39. The molecular weight excluding hydrogens is 532 g/mol. The van der Waals surface area contributed by atoms with E-state index >= 15 is 0 Å². The van der Waals surface area contributed by atoms with Crippen molar-refractivity contribution in [2.24, 2.45) is 0 Å². The Bertz CT molecular complexity index is 506. The molecule has 0 saturated heterocycles. The summed E-state index contributed by atoms with van der Waals surface area (Å²) >= 11 is 0. The maximum atomic E-state index is 3.61. The largest absolute Gasteiger partial charge is 0.320 e. The number of unbranched alkanes of at least 4 members (excludes halogenated alkanes) is 10. The molecular formula is C35H78N8. The highest BCUT2D eigenvalue weighted by molar-refractivity contribution is 4.85. The summed E-state index contributed by atoms with van der Waals surface area (Å²) in [6, 6.07) is 0. The van der Waals surface area contributed by atoms with Gasteiger partial charge in [0.15, 0.2) is 0 Å². The lowest BCUT2D eigenvalue weighted by Crippen LogP contribution is -2.21. The molecule has 8 N–H and O–H groups in total. The van der Waals surface area contributed by atoms with Gasteiger partial charge >= 0.3 is 0 Å². The molecule has 0 bridgehead atoms. The monoisotopic (exact) mass is 611 g/mol. The Morgan fingerprint density at radius 3 is 0.860 bits per heavy atom. The average Bonchev–Trinajstić information content (AvgIpc) is 3.02. The van der Waals surface area contributed by atoms with Crippen LogP contribution in [0.5, 0.6) is 0 Å². The molecule has 0 rings (SSSR count). The molecule has 0 fully saturated rings. The fourth-order valence-electron chi connectivity index (χ4n) is 4.97. The van der Waals surface area contributed by atoms with Crippen LogP contribution in [0.15, 0.2) is 12.2 Å². The van der Waals surface area contributed by atoms with Gasteiger partial charge in [-0.05, 0) is 169 Å². The Hall–Kier alpha value is -0.580. The van der Waals surface area contributed by atoms with E-state index in [-0.39, 0.29) is 0 Å². The minimum atomic E-state index is 0.984. The molecule has 0 atom stereocenters. The Labute approximate surface area is 269 Å². The van der Waals surface area contributed by atoms with Crippen LogP contribution >= 0.6 is 0 Å². The zero-order valence-corrected chi connectivity index (χ0v) is 29.1. The molecule has 0 heterocycles. The van der Waals surface area contributed by atoms with Crippen molar-refractivity contribution in [3.8, 4) is 0 Å². The van der Waals surface area contributed by atoms with Crippen molar-refractivity contribution in [1.29, 1.82) is 0 Å². The highest BCUT2D eigenvalue weighted by Gasteiger charge is 1.95. The molecule has 0 amide bonds. The predicted molar refractivity (Wildman–Crippen MR) is 193 cm³/mol. The molecule has 8 heteroatoms. The first kappa shape index (κ1) is 42.4. The standard InChI is InChI=1S/C35H78N8/c1-3-37-23-8-4-9-24-38-25-11-6-14-29-41-32-18-20-34-43-35-21-19-33-42-30-15-7-12-27-39-26-10-5-13-28-40-31-17-16-22-36-2/h19,21,36-43H,3-18,20,22-35H2,1-2H3/b21-19+. The van der Waals surface area contributed by atoms with Crippen LogP contribution in [0.1, 0.15) is 110 Å². The molecule has 0 saturated carbocycles. The zero-order valence-electron chi connectivity index (χ0n) is 29.1. The molecule has 0 aromatic rings. The van der Waals surface area contributed by atoms with Crippen LogP contribution in [-0.2, 0) is 0 Å². The van der Waals surface area contributed by atoms with Gasteiger partial charge in [0.2, 0.25) is 0 Å². The average molecular weight is 611 g/mol. The lowest BCUT2D eigenvalue weighted by molar-refractivity contribution is 0.540. The summed E-state index contributed by atoms with van der Waals surface area (Å²) in [5.41, 5.74) is 0. The molecule has 8 nitrogen and oxygen atoms in total. The first-order chi connectivity index (χ1) is 21.4. The van der Waals surface area contributed by atoms with Gasteiger partial charge in [-0.1, -0.05) is 44.8 Å². The van der Waals surface area contributed by atoms with Gasteiger partial charge in [-0.3, -0.25) is 0 Å². The lowest BCUT2D eigenvalue weighted by Gasteiger charge is -2.07. The molecule has 0 aliphatic carbocycles. The summed E-state index contributed by atoms with van der Waals surface area (Å²) < 4.78 is 0. The summed E-state index contributed by atoms with van der Waals surface area (Å²) in [4.78, 5) is 0. The van der Waals surface area contributed by atoms with E-state index in [1.807, 2.05) is 7.05 Å². The van der Waals surface area contributed by atoms with Crippen LogP contribution in [-0.4, -0.2) is 105 Å². The van der Waals surface area contributed by atoms with E-state index in [2.05, 4.69) is 61.6 Å². The van der Waals surface area contributed by atoms with Crippen LogP contribution in [0.25, 0.3) is 0 Å². The van der Waals surface area contributed by atoms with Crippen molar-refractivity contribution in [3.63, 3.8) is 0 Å². The third-order valence-corrected chi connectivity index (χ3v) is 7.76. The second-order valence-corrected chi connectivity index (χ2v) is 12.0. The fraction of sp³-hybridized carbons (Fsp3) is 0.943. The van der Waals surface area contributed by atoms with E-state index in [0.717, 1.165) is 52.4 Å². The summed E-state index contributed by atoms with van der Waals surface area (Å²) in [5, 5.41) is 28.0. The third-order valence-electron chi connectivity index (χ3n) is 7.76. The van der Waals surface area contributed by atoms with Crippen molar-refractivity contribution < 1.29 is 0 Å². The quantitative estimate of drug-likeness (QED) is 0.0389. The Morgan fingerprint density at radius 1 is 0.302 bits per heavy atom. The highest BCUT2D eigenvalue weighted by atomic mass is 14.9. The smallest absolute Gasteiger partial charge is 0.0135 e. The SMILES string of the molecule is CCNCCCCCNCCCCCNCCCCNC/C=C/CNCCCCCNCCCCCNCCCCNC. The maximum Gasteiger partial charge on any atom is 0.0135 e. The Balaban J connectivity index is 3.08. The van der Waals surface area contributed by atoms with E-state index in [0.29, 0.717) is 0 Å². The van der Waals surface area contributed by atoms with Gasteiger partial charge < -0.3 is 42.5 Å². The summed E-state index contributed by atoms with van der Waals surface area (Å²) in [7, 11) is 2.03. The topological polar surface area (TPSA) is 96.2 Å². The van der Waals surface area contributed by atoms with Gasteiger partial charge in [0.05, 0.1) is 0 Å². The molecule has 0 aromatic heterocycles. The van der Waals surface area contributed by atoms with Gasteiger partial charge in [0, 0.05) is 13.1 Å². The minimum Gasteiger partial charge on any atom is -0.320 e. The second kappa shape index (κ2) is 41.4. The fourth-order valence-corrected chi connectivity index (χ4v) is 4.97. The summed E-state index contributed by atoms with van der Waals surface area (Å²) in [6.45, 7) is 19.1. The van der Waals surface area contributed by atoms with E-state index in [1.165, 1.54) is 149 Å². The number of nitrogens with one attached hydrogen (secondary N) is 8. The van der Waals surface area contributed by atoms with Crippen LogP contribution < -0.4 is 42.5 Å². The molecule has 0 spiro atoms. The van der Waals surface area contributed by atoms with E-state index in [1.54, 1.807) is 0 Å². The molecule has 0 aliphatic heterocycles. The second-order valence-electron chi connectivity index (χ2n) is 12.0. The van der Waals surface area contributed by atoms with Crippen LogP contribution in [0.4, 0.5) is 0 Å². The number of hydrogen-bond donors (Lipinski definition) is 8. The van der Waals surface area contributed by atoms with E-state index in [9.17, 15) is 0 Å². The van der Waals surface area contributed by atoms with Crippen molar-refractivity contribution >= 4 is 0 Å². The van der Waals surface area contributed by atoms with E-state index < -0.39 is 0 Å². The van der Waals surface area contributed by atoms with Crippen LogP contribution in [0.3, 0.4) is 0 Å². The highest BCUT2D eigenvalue weighted by Crippen LogP contribution is 1.97. The first-order valence-corrected chi connectivity index (χ1v) is 18.7. The van der Waals surface area contributed by atoms with Crippen LogP contribution in [0, 0.1) is 0 Å². The normalized spacial score (nSPS) is 11.8. The molecule has 0 radical (unpaired) electrons.